The van der Waals surface area contributed by atoms with E-state index in [9.17, 15) is 4.79 Å². The highest BCUT2D eigenvalue weighted by Gasteiger charge is 2.52. The molecule has 1 saturated heterocycles. The number of alkyl carbamates (subject to hydrolysis) is 1. The number of amides is 1. The average molecular weight is 441 g/mol. The molecular weight excluding hydrogens is 409 g/mol. The summed E-state index contributed by atoms with van der Waals surface area (Å²) < 4.78 is 17.9. The normalized spacial score (nSPS) is 18.2. The van der Waals surface area contributed by atoms with Crippen LogP contribution in [-0.2, 0) is 14.0 Å². The second-order valence-electron chi connectivity index (χ2n) is 9.73. The molecule has 1 aromatic heterocycles. The van der Waals surface area contributed by atoms with Crippen molar-refractivity contribution >= 4 is 30.6 Å². The number of hydrogen-bond acceptors (Lipinski definition) is 5. The fraction of sp³-hybridized carbons (Fsp3) is 0.458. The first-order valence-electron chi connectivity index (χ1n) is 10.5. The Morgan fingerprint density at radius 3 is 2.26 bits per heavy atom. The minimum absolute atomic E-state index is 0.268. The van der Waals surface area contributed by atoms with Crippen molar-refractivity contribution in [3.63, 3.8) is 0 Å². The summed E-state index contributed by atoms with van der Waals surface area (Å²) >= 11 is 1.69. The number of ether oxygens (including phenoxy) is 1. The van der Waals surface area contributed by atoms with Gasteiger partial charge >= 0.3 is 13.2 Å². The van der Waals surface area contributed by atoms with E-state index in [1.54, 1.807) is 11.3 Å². The monoisotopic (exact) mass is 441 g/mol. The van der Waals surface area contributed by atoms with Crippen LogP contribution < -0.4 is 5.32 Å². The molecule has 0 unspecified atom stereocenters. The number of benzene rings is 1. The molecule has 1 aliphatic rings. The predicted octanol–water partition coefficient (Wildman–Crippen LogP) is 5.95. The lowest BCUT2D eigenvalue weighted by molar-refractivity contribution is 0.00578. The van der Waals surface area contributed by atoms with Gasteiger partial charge in [-0.1, -0.05) is 30.3 Å². The van der Waals surface area contributed by atoms with E-state index in [-0.39, 0.29) is 6.54 Å². The van der Waals surface area contributed by atoms with E-state index in [4.69, 9.17) is 14.0 Å². The quantitative estimate of drug-likeness (QED) is 0.582. The highest BCUT2D eigenvalue weighted by Crippen LogP contribution is 2.39. The van der Waals surface area contributed by atoms with E-state index in [2.05, 4.69) is 29.6 Å². The van der Waals surface area contributed by atoms with Crippen LogP contribution in [0.1, 0.15) is 53.3 Å². The van der Waals surface area contributed by atoms with Gasteiger partial charge in [-0.05, 0) is 77.7 Å². The third kappa shape index (κ3) is 6.00. The van der Waals surface area contributed by atoms with Gasteiger partial charge in [-0.25, -0.2) is 4.79 Å². The zero-order chi connectivity index (χ0) is 22.9. The zero-order valence-electron chi connectivity index (χ0n) is 19.4. The van der Waals surface area contributed by atoms with E-state index in [1.807, 2.05) is 72.7 Å². The molecule has 2 heterocycles. The van der Waals surface area contributed by atoms with Gasteiger partial charge in [-0.3, -0.25) is 0 Å². The Kier molecular flexibility index (Phi) is 6.70. The third-order valence-corrected chi connectivity index (χ3v) is 6.49. The maximum Gasteiger partial charge on any atom is 0.492 e. The molecule has 3 rings (SSSR count). The minimum atomic E-state index is -0.559. The summed E-state index contributed by atoms with van der Waals surface area (Å²) in [6.45, 7) is 13.9. The molecule has 7 heteroatoms. The Morgan fingerprint density at radius 1 is 1.06 bits per heavy atom. The van der Waals surface area contributed by atoms with E-state index < -0.39 is 30.0 Å². The summed E-state index contributed by atoms with van der Waals surface area (Å²) in [5, 5.41) is 2.84. The van der Waals surface area contributed by atoms with Crippen molar-refractivity contribution in [1.29, 1.82) is 0 Å². The molecule has 1 fully saturated rings. The van der Waals surface area contributed by atoms with Crippen LogP contribution >= 0.6 is 11.3 Å². The van der Waals surface area contributed by atoms with Crippen molar-refractivity contribution in [3.05, 3.63) is 52.8 Å². The topological polar surface area (TPSA) is 56.8 Å². The summed E-state index contributed by atoms with van der Waals surface area (Å²) in [4.78, 5) is 14.5. The van der Waals surface area contributed by atoms with Crippen LogP contribution in [0, 0.1) is 0 Å². The van der Waals surface area contributed by atoms with Crippen molar-refractivity contribution < 1.29 is 18.8 Å². The SMILES string of the molecule is CC(C)(C)OC(=O)NCC(=Cc1ccc(-c2ccccc2)s1)B1OC(C)(C)C(C)(C)O1. The van der Waals surface area contributed by atoms with Gasteiger partial charge in [0.25, 0.3) is 0 Å². The fourth-order valence-corrected chi connectivity index (χ4v) is 4.05. The van der Waals surface area contributed by atoms with Crippen molar-refractivity contribution in [2.75, 3.05) is 6.54 Å². The van der Waals surface area contributed by atoms with Crippen LogP contribution in [0.3, 0.4) is 0 Å². The molecule has 2 aromatic rings. The summed E-state index contributed by atoms with van der Waals surface area (Å²) in [7, 11) is -0.554. The molecular formula is C24H32BNO4S. The Bertz CT molecular complexity index is 928. The summed E-state index contributed by atoms with van der Waals surface area (Å²) in [6.07, 6.45) is 1.57. The smallest absolute Gasteiger partial charge is 0.444 e. The number of thiophene rings is 1. The highest BCUT2D eigenvalue weighted by atomic mass is 32.1. The first-order chi connectivity index (χ1) is 14.4. The maximum atomic E-state index is 12.2. The summed E-state index contributed by atoms with van der Waals surface area (Å²) in [5.74, 6) is 0. The lowest BCUT2D eigenvalue weighted by atomic mass is 9.77. The number of carbonyl (C=O) groups excluding carboxylic acids is 1. The predicted molar refractivity (Wildman–Crippen MR) is 128 cm³/mol. The van der Waals surface area contributed by atoms with Crippen LogP contribution in [0.15, 0.2) is 47.9 Å². The summed E-state index contributed by atoms with van der Waals surface area (Å²) in [5.41, 5.74) is 0.527. The number of hydrogen-bond donors (Lipinski definition) is 1. The standard InChI is InChI=1S/C24H32BNO4S/c1-22(2,3)28-21(27)26-16-18(25-29-23(4,5)24(6,7)30-25)15-19-13-14-20(31-19)17-11-9-8-10-12-17/h8-15H,16H2,1-7H3,(H,26,27). The fourth-order valence-electron chi connectivity index (χ4n) is 3.06. The molecule has 0 atom stereocenters. The lowest BCUT2D eigenvalue weighted by Crippen LogP contribution is -2.41. The molecule has 0 bridgehead atoms. The molecule has 31 heavy (non-hydrogen) atoms. The number of carbonyl (C=O) groups is 1. The van der Waals surface area contributed by atoms with Gasteiger partial charge in [-0.15, -0.1) is 11.3 Å². The third-order valence-electron chi connectivity index (χ3n) is 5.40. The van der Waals surface area contributed by atoms with Crippen molar-refractivity contribution in [3.8, 4) is 10.4 Å². The van der Waals surface area contributed by atoms with Gasteiger partial charge in [0.15, 0.2) is 0 Å². The van der Waals surface area contributed by atoms with Crippen molar-refractivity contribution in [1.82, 2.24) is 5.32 Å². The number of nitrogens with one attached hydrogen (secondary N) is 1. The second kappa shape index (κ2) is 8.81. The van der Waals surface area contributed by atoms with Crippen LogP contribution in [0.2, 0.25) is 0 Å². The molecule has 5 nitrogen and oxygen atoms in total. The molecule has 0 spiro atoms. The molecule has 1 aromatic carbocycles. The van der Waals surface area contributed by atoms with Crippen molar-refractivity contribution in [2.24, 2.45) is 0 Å². The molecule has 0 aliphatic carbocycles. The van der Waals surface area contributed by atoms with Crippen LogP contribution in [0.25, 0.3) is 16.5 Å². The van der Waals surface area contributed by atoms with Gasteiger partial charge < -0.3 is 19.4 Å². The van der Waals surface area contributed by atoms with E-state index in [0.717, 1.165) is 10.3 Å². The van der Waals surface area contributed by atoms with E-state index in [0.29, 0.717) is 0 Å². The van der Waals surface area contributed by atoms with Gasteiger partial charge in [-0.2, -0.15) is 0 Å². The summed E-state index contributed by atoms with van der Waals surface area (Å²) in [6, 6.07) is 14.4. The molecule has 1 aliphatic heterocycles. The van der Waals surface area contributed by atoms with Crippen LogP contribution in [0.4, 0.5) is 4.79 Å². The second-order valence-corrected chi connectivity index (χ2v) is 10.8. The molecule has 0 saturated carbocycles. The van der Waals surface area contributed by atoms with Gasteiger partial charge in [0.2, 0.25) is 0 Å². The first-order valence-corrected chi connectivity index (χ1v) is 11.4. The molecule has 166 valence electrons. The number of rotatable bonds is 5. The van der Waals surface area contributed by atoms with Gasteiger partial charge in [0, 0.05) is 16.3 Å². The van der Waals surface area contributed by atoms with Crippen LogP contribution in [-0.4, -0.2) is 36.6 Å². The Hall–Kier alpha value is -2.09. The highest BCUT2D eigenvalue weighted by molar-refractivity contribution is 7.16. The molecule has 0 radical (unpaired) electrons. The zero-order valence-corrected chi connectivity index (χ0v) is 20.3. The van der Waals surface area contributed by atoms with E-state index >= 15 is 0 Å². The maximum absolute atomic E-state index is 12.2. The van der Waals surface area contributed by atoms with E-state index in [1.165, 1.54) is 10.4 Å². The minimum Gasteiger partial charge on any atom is -0.444 e. The van der Waals surface area contributed by atoms with Crippen LogP contribution in [0.5, 0.6) is 0 Å². The Morgan fingerprint density at radius 2 is 1.68 bits per heavy atom. The average Bonchev–Trinajstić information content (AvgIpc) is 3.20. The largest absolute Gasteiger partial charge is 0.492 e. The van der Waals surface area contributed by atoms with Crippen molar-refractivity contribution in [2.45, 2.75) is 65.3 Å². The first kappa shape index (κ1) is 23.6. The Balaban J connectivity index is 1.84. The molecule has 1 N–H and O–H groups in total. The molecule has 1 amide bonds. The lowest BCUT2D eigenvalue weighted by Gasteiger charge is -2.32. The Labute approximate surface area is 189 Å². The van der Waals surface area contributed by atoms with Gasteiger partial charge in [0.1, 0.15) is 5.60 Å². The van der Waals surface area contributed by atoms with Gasteiger partial charge in [0.05, 0.1) is 11.2 Å².